The summed E-state index contributed by atoms with van der Waals surface area (Å²) in [7, 11) is 1.27. The summed E-state index contributed by atoms with van der Waals surface area (Å²) >= 11 is 5.86. The van der Waals surface area contributed by atoms with E-state index in [0.29, 0.717) is 5.56 Å². The van der Waals surface area contributed by atoms with Crippen LogP contribution in [-0.2, 0) is 14.3 Å². The summed E-state index contributed by atoms with van der Waals surface area (Å²) in [5.74, 6) is -1.03. The van der Waals surface area contributed by atoms with Crippen LogP contribution in [0.5, 0.6) is 0 Å². The third-order valence-electron chi connectivity index (χ3n) is 1.88. The number of halogens is 1. The lowest BCUT2D eigenvalue weighted by Gasteiger charge is -2.13. The molecule has 0 N–H and O–H groups in total. The van der Waals surface area contributed by atoms with Crippen LogP contribution < -0.4 is 0 Å². The lowest BCUT2D eigenvalue weighted by molar-refractivity contribution is -0.143. The van der Waals surface area contributed by atoms with Crippen molar-refractivity contribution in [3.05, 3.63) is 35.4 Å². The van der Waals surface area contributed by atoms with E-state index in [9.17, 15) is 9.59 Å². The highest BCUT2D eigenvalue weighted by Gasteiger charge is 2.19. The molecule has 86 valence electrons. The Bertz CT molecular complexity index is 403. The summed E-state index contributed by atoms with van der Waals surface area (Å²) in [5, 5.41) is 0. The molecule has 1 unspecified atom stereocenters. The maximum Gasteiger partial charge on any atom is 0.338 e. The Morgan fingerprint density at radius 3 is 2.50 bits per heavy atom. The van der Waals surface area contributed by atoms with E-state index in [0.717, 1.165) is 0 Å². The third-order valence-corrected chi connectivity index (χ3v) is 2.20. The SMILES string of the molecule is COC(=O)c1ccccc1C(Cl)OC(C)=O. The number of ether oxygens (including phenoxy) is 2. The predicted molar refractivity (Wildman–Crippen MR) is 58.1 cm³/mol. The number of carbonyl (C=O) groups excluding carboxylic acids is 2. The smallest absolute Gasteiger partial charge is 0.338 e. The molecule has 16 heavy (non-hydrogen) atoms. The first-order chi connectivity index (χ1) is 7.56. The molecule has 1 aromatic rings. The molecule has 5 heteroatoms. The average molecular weight is 243 g/mol. The molecule has 0 aliphatic rings. The number of esters is 2. The fourth-order valence-electron chi connectivity index (χ4n) is 1.20. The van der Waals surface area contributed by atoms with Crippen LogP contribution in [0.1, 0.15) is 28.4 Å². The number of methoxy groups -OCH3 is 1. The van der Waals surface area contributed by atoms with Crippen molar-refractivity contribution in [3.8, 4) is 0 Å². The van der Waals surface area contributed by atoms with Crippen LogP contribution in [0.4, 0.5) is 0 Å². The molecule has 0 heterocycles. The maximum absolute atomic E-state index is 11.4. The van der Waals surface area contributed by atoms with Gasteiger partial charge in [0.05, 0.1) is 12.7 Å². The zero-order valence-electron chi connectivity index (χ0n) is 8.90. The standard InChI is InChI=1S/C11H11ClO4/c1-7(13)16-10(12)8-5-3-4-6-9(8)11(14)15-2/h3-6,10H,1-2H3. The van der Waals surface area contributed by atoms with E-state index in [-0.39, 0.29) is 5.56 Å². The number of hydrogen-bond donors (Lipinski definition) is 0. The van der Waals surface area contributed by atoms with Gasteiger partial charge < -0.3 is 9.47 Å². The van der Waals surface area contributed by atoms with Gasteiger partial charge in [-0.3, -0.25) is 4.79 Å². The monoisotopic (exact) mass is 242 g/mol. The molecule has 1 rings (SSSR count). The van der Waals surface area contributed by atoms with Gasteiger partial charge in [-0.25, -0.2) is 4.79 Å². The normalized spacial score (nSPS) is 11.7. The fourth-order valence-corrected chi connectivity index (χ4v) is 1.52. The second-order valence-corrected chi connectivity index (χ2v) is 3.40. The molecule has 1 atom stereocenters. The number of benzene rings is 1. The summed E-state index contributed by atoms with van der Waals surface area (Å²) in [4.78, 5) is 22.2. The van der Waals surface area contributed by atoms with E-state index >= 15 is 0 Å². The van der Waals surface area contributed by atoms with Crippen LogP contribution >= 0.6 is 11.6 Å². The Morgan fingerprint density at radius 1 is 1.31 bits per heavy atom. The molecule has 0 aliphatic heterocycles. The summed E-state index contributed by atoms with van der Waals surface area (Å²) < 4.78 is 9.38. The highest BCUT2D eigenvalue weighted by molar-refractivity contribution is 6.21. The van der Waals surface area contributed by atoms with Crippen LogP contribution in [0.2, 0.25) is 0 Å². The quantitative estimate of drug-likeness (QED) is 0.603. The number of rotatable bonds is 3. The Morgan fingerprint density at radius 2 is 1.94 bits per heavy atom. The molecule has 0 bridgehead atoms. The predicted octanol–water partition coefficient (Wildman–Crippen LogP) is 2.27. The molecule has 0 spiro atoms. The zero-order chi connectivity index (χ0) is 12.1. The summed E-state index contributed by atoms with van der Waals surface area (Å²) in [6, 6.07) is 6.53. The second-order valence-electron chi connectivity index (χ2n) is 3.00. The molecular formula is C11H11ClO4. The third kappa shape index (κ3) is 2.97. The Hall–Kier alpha value is -1.55. The van der Waals surface area contributed by atoms with Crippen molar-refractivity contribution in [2.24, 2.45) is 0 Å². The number of carbonyl (C=O) groups is 2. The van der Waals surface area contributed by atoms with E-state index in [1.807, 2.05) is 0 Å². The lowest BCUT2D eigenvalue weighted by Crippen LogP contribution is -2.10. The van der Waals surface area contributed by atoms with Gasteiger partial charge in [0.1, 0.15) is 0 Å². The first kappa shape index (κ1) is 12.5. The van der Waals surface area contributed by atoms with Gasteiger partial charge in [0, 0.05) is 12.5 Å². The van der Waals surface area contributed by atoms with E-state index in [1.54, 1.807) is 24.3 Å². The van der Waals surface area contributed by atoms with Gasteiger partial charge in [-0.2, -0.15) is 0 Å². The summed E-state index contributed by atoms with van der Waals surface area (Å²) in [6.07, 6.45) is 0. The average Bonchev–Trinajstić information content (AvgIpc) is 2.27. The number of alkyl halides is 1. The molecule has 0 aliphatic carbocycles. The maximum atomic E-state index is 11.4. The van der Waals surface area contributed by atoms with Crippen molar-refractivity contribution in [1.29, 1.82) is 0 Å². The van der Waals surface area contributed by atoms with Gasteiger partial charge >= 0.3 is 11.9 Å². The van der Waals surface area contributed by atoms with Crippen LogP contribution in [0.25, 0.3) is 0 Å². The van der Waals surface area contributed by atoms with Gasteiger partial charge in [0.15, 0.2) is 0 Å². The molecular weight excluding hydrogens is 232 g/mol. The molecule has 4 nitrogen and oxygen atoms in total. The molecule has 0 fully saturated rings. The van der Waals surface area contributed by atoms with E-state index in [4.69, 9.17) is 16.3 Å². The minimum absolute atomic E-state index is 0.284. The van der Waals surface area contributed by atoms with E-state index in [1.165, 1.54) is 14.0 Å². The van der Waals surface area contributed by atoms with Crippen molar-refractivity contribution in [1.82, 2.24) is 0 Å². The molecule has 0 saturated carbocycles. The van der Waals surface area contributed by atoms with Gasteiger partial charge in [0.2, 0.25) is 5.56 Å². The van der Waals surface area contributed by atoms with Crippen LogP contribution in [-0.4, -0.2) is 19.0 Å². The minimum atomic E-state index is -0.993. The van der Waals surface area contributed by atoms with E-state index in [2.05, 4.69) is 4.74 Å². The topological polar surface area (TPSA) is 52.6 Å². The van der Waals surface area contributed by atoms with Crippen molar-refractivity contribution in [3.63, 3.8) is 0 Å². The van der Waals surface area contributed by atoms with Gasteiger partial charge in [-0.1, -0.05) is 29.8 Å². The molecule has 0 radical (unpaired) electrons. The molecule has 1 aromatic carbocycles. The first-order valence-corrected chi connectivity index (χ1v) is 4.98. The second kappa shape index (κ2) is 5.51. The molecule has 0 amide bonds. The van der Waals surface area contributed by atoms with Gasteiger partial charge in [-0.05, 0) is 6.07 Å². The van der Waals surface area contributed by atoms with Crippen molar-refractivity contribution >= 4 is 23.5 Å². The lowest BCUT2D eigenvalue weighted by atomic mass is 10.1. The fraction of sp³-hybridized carbons (Fsp3) is 0.273. The van der Waals surface area contributed by atoms with Gasteiger partial charge in [0.25, 0.3) is 0 Å². The highest BCUT2D eigenvalue weighted by atomic mass is 35.5. The van der Waals surface area contributed by atoms with Crippen molar-refractivity contribution in [2.45, 2.75) is 12.5 Å². The molecule has 0 aromatic heterocycles. The van der Waals surface area contributed by atoms with Crippen LogP contribution in [0.15, 0.2) is 24.3 Å². The van der Waals surface area contributed by atoms with Crippen LogP contribution in [0, 0.1) is 0 Å². The van der Waals surface area contributed by atoms with Crippen molar-refractivity contribution in [2.75, 3.05) is 7.11 Å². The Kier molecular flexibility index (Phi) is 4.31. The first-order valence-electron chi connectivity index (χ1n) is 4.54. The van der Waals surface area contributed by atoms with Crippen molar-refractivity contribution < 1.29 is 19.1 Å². The largest absolute Gasteiger partial charge is 0.465 e. The van der Waals surface area contributed by atoms with Gasteiger partial charge in [-0.15, -0.1) is 0 Å². The van der Waals surface area contributed by atoms with E-state index < -0.39 is 17.5 Å². The summed E-state index contributed by atoms with van der Waals surface area (Å²) in [5.41, 5.74) is -0.301. The Labute approximate surface area is 98.1 Å². The number of hydrogen-bond acceptors (Lipinski definition) is 4. The highest BCUT2D eigenvalue weighted by Crippen LogP contribution is 2.25. The minimum Gasteiger partial charge on any atom is -0.465 e. The molecule has 0 saturated heterocycles. The zero-order valence-corrected chi connectivity index (χ0v) is 9.65. The summed E-state index contributed by atoms with van der Waals surface area (Å²) in [6.45, 7) is 1.25. The Balaban J connectivity index is 3.03. The van der Waals surface area contributed by atoms with Crippen LogP contribution in [0.3, 0.4) is 0 Å².